The smallest absolute Gasteiger partial charge is 0.0558 e. The summed E-state index contributed by atoms with van der Waals surface area (Å²) in [4.78, 5) is 1.95. The summed E-state index contributed by atoms with van der Waals surface area (Å²) in [5, 5.41) is 17.8. The van der Waals surface area contributed by atoms with Crippen molar-refractivity contribution in [2.75, 3.05) is 32.0 Å². The molecule has 0 radical (unpaired) electrons. The largest absolute Gasteiger partial charge is 0.398 e. The van der Waals surface area contributed by atoms with Crippen LogP contribution < -0.4 is 5.73 Å². The maximum Gasteiger partial charge on any atom is 0.0558 e. The molecule has 0 aromatic heterocycles. The zero-order valence-corrected chi connectivity index (χ0v) is 10.7. The van der Waals surface area contributed by atoms with Crippen LogP contribution in [0.1, 0.15) is 5.56 Å². The van der Waals surface area contributed by atoms with Crippen LogP contribution in [0.25, 0.3) is 0 Å². The van der Waals surface area contributed by atoms with Gasteiger partial charge in [-0.05, 0) is 12.1 Å². The van der Waals surface area contributed by atoms with E-state index in [2.05, 4.69) is 15.9 Å². The number of rotatable bonds is 6. The van der Waals surface area contributed by atoms with E-state index < -0.39 is 0 Å². The normalized spacial score (nSPS) is 11.0. The van der Waals surface area contributed by atoms with E-state index in [1.54, 1.807) is 0 Å². The fraction of sp³-hybridized carbons (Fsp3) is 0.455. The molecule has 90 valence electrons. The van der Waals surface area contributed by atoms with E-state index in [1.165, 1.54) is 0 Å². The fourth-order valence-corrected chi connectivity index (χ4v) is 2.03. The van der Waals surface area contributed by atoms with Gasteiger partial charge in [0.2, 0.25) is 0 Å². The lowest BCUT2D eigenvalue weighted by Gasteiger charge is -2.21. The van der Waals surface area contributed by atoms with Gasteiger partial charge in [0.1, 0.15) is 0 Å². The molecule has 0 bridgehead atoms. The van der Waals surface area contributed by atoms with Crippen LogP contribution in [0.15, 0.2) is 22.7 Å². The SMILES string of the molecule is Nc1cccc(Br)c1CN(CCO)CCO. The number of hydrogen-bond donors (Lipinski definition) is 3. The minimum absolute atomic E-state index is 0.0738. The Morgan fingerprint density at radius 2 is 1.81 bits per heavy atom. The summed E-state index contributed by atoms with van der Waals surface area (Å²) in [6.45, 7) is 1.83. The summed E-state index contributed by atoms with van der Waals surface area (Å²) in [5.74, 6) is 0. The van der Waals surface area contributed by atoms with E-state index in [4.69, 9.17) is 15.9 Å². The molecule has 0 unspecified atom stereocenters. The summed E-state index contributed by atoms with van der Waals surface area (Å²) < 4.78 is 0.952. The molecule has 0 amide bonds. The van der Waals surface area contributed by atoms with Crippen molar-refractivity contribution < 1.29 is 10.2 Å². The van der Waals surface area contributed by atoms with Gasteiger partial charge in [-0.1, -0.05) is 22.0 Å². The van der Waals surface area contributed by atoms with Crippen molar-refractivity contribution in [3.8, 4) is 0 Å². The number of anilines is 1. The Balaban J connectivity index is 2.76. The number of hydrogen-bond acceptors (Lipinski definition) is 4. The number of aliphatic hydroxyl groups is 2. The maximum absolute atomic E-state index is 8.91. The van der Waals surface area contributed by atoms with Crippen molar-refractivity contribution >= 4 is 21.6 Å². The number of aliphatic hydroxyl groups excluding tert-OH is 2. The molecule has 0 aliphatic heterocycles. The van der Waals surface area contributed by atoms with E-state index >= 15 is 0 Å². The predicted molar refractivity (Wildman–Crippen MR) is 68.0 cm³/mol. The van der Waals surface area contributed by atoms with Gasteiger partial charge in [-0.3, -0.25) is 4.90 Å². The Labute approximate surface area is 104 Å². The van der Waals surface area contributed by atoms with Gasteiger partial charge in [-0.25, -0.2) is 0 Å². The van der Waals surface area contributed by atoms with E-state index in [0.717, 1.165) is 15.7 Å². The number of benzene rings is 1. The highest BCUT2D eigenvalue weighted by atomic mass is 79.9. The first kappa shape index (κ1) is 13.4. The summed E-state index contributed by atoms with van der Waals surface area (Å²) in [6, 6.07) is 5.66. The Morgan fingerprint density at radius 1 is 1.19 bits per heavy atom. The first-order chi connectivity index (χ1) is 7.69. The van der Waals surface area contributed by atoms with Gasteiger partial charge in [-0.2, -0.15) is 0 Å². The van der Waals surface area contributed by atoms with Gasteiger partial charge >= 0.3 is 0 Å². The minimum Gasteiger partial charge on any atom is -0.398 e. The first-order valence-electron chi connectivity index (χ1n) is 5.16. The highest BCUT2D eigenvalue weighted by Gasteiger charge is 2.09. The lowest BCUT2D eigenvalue weighted by atomic mass is 10.1. The van der Waals surface area contributed by atoms with Crippen molar-refractivity contribution in [1.82, 2.24) is 4.90 Å². The quantitative estimate of drug-likeness (QED) is 0.678. The molecule has 0 fully saturated rings. The Kier molecular flexibility index (Phi) is 5.76. The molecular formula is C11H17BrN2O2. The zero-order valence-electron chi connectivity index (χ0n) is 9.06. The molecular weight excluding hydrogens is 272 g/mol. The zero-order chi connectivity index (χ0) is 12.0. The second kappa shape index (κ2) is 6.85. The molecule has 0 saturated carbocycles. The molecule has 4 nitrogen and oxygen atoms in total. The van der Waals surface area contributed by atoms with Gasteiger partial charge in [-0.15, -0.1) is 0 Å². The number of halogens is 1. The monoisotopic (exact) mass is 288 g/mol. The van der Waals surface area contributed by atoms with Crippen molar-refractivity contribution in [3.63, 3.8) is 0 Å². The standard InChI is InChI=1S/C11H17BrN2O2/c12-10-2-1-3-11(13)9(10)8-14(4-6-15)5-7-16/h1-3,15-16H,4-8,13H2. The van der Waals surface area contributed by atoms with E-state index in [0.29, 0.717) is 19.6 Å². The van der Waals surface area contributed by atoms with Gasteiger partial charge in [0.15, 0.2) is 0 Å². The van der Waals surface area contributed by atoms with Crippen LogP contribution in [-0.2, 0) is 6.54 Å². The molecule has 1 aromatic carbocycles. The number of nitrogen functional groups attached to an aromatic ring is 1. The molecule has 4 N–H and O–H groups in total. The average Bonchev–Trinajstić information content (AvgIpc) is 2.24. The van der Waals surface area contributed by atoms with Gasteiger partial charge in [0.25, 0.3) is 0 Å². The van der Waals surface area contributed by atoms with Crippen molar-refractivity contribution in [2.45, 2.75) is 6.54 Å². The summed E-state index contributed by atoms with van der Waals surface area (Å²) in [7, 11) is 0. The second-order valence-corrected chi connectivity index (χ2v) is 4.39. The third kappa shape index (κ3) is 3.75. The molecule has 0 saturated heterocycles. The van der Waals surface area contributed by atoms with Crippen molar-refractivity contribution in [2.24, 2.45) is 0 Å². The lowest BCUT2D eigenvalue weighted by Crippen LogP contribution is -2.29. The van der Waals surface area contributed by atoms with Gasteiger partial charge in [0, 0.05) is 35.4 Å². The molecule has 0 aliphatic rings. The first-order valence-corrected chi connectivity index (χ1v) is 5.95. The van der Waals surface area contributed by atoms with Crippen LogP contribution in [0.2, 0.25) is 0 Å². The number of nitrogens with two attached hydrogens (primary N) is 1. The average molecular weight is 289 g/mol. The van der Waals surface area contributed by atoms with E-state index in [1.807, 2.05) is 23.1 Å². The molecule has 0 aliphatic carbocycles. The van der Waals surface area contributed by atoms with Crippen molar-refractivity contribution in [3.05, 3.63) is 28.2 Å². The molecule has 1 aromatic rings. The third-order valence-corrected chi connectivity index (χ3v) is 3.11. The predicted octanol–water partition coefficient (Wildman–Crippen LogP) is 0.818. The fourth-order valence-electron chi connectivity index (χ4n) is 1.52. The van der Waals surface area contributed by atoms with Gasteiger partial charge in [0.05, 0.1) is 13.2 Å². The minimum atomic E-state index is 0.0738. The molecule has 5 heteroatoms. The summed E-state index contributed by atoms with van der Waals surface area (Å²) >= 11 is 3.45. The third-order valence-electron chi connectivity index (χ3n) is 2.37. The second-order valence-electron chi connectivity index (χ2n) is 3.53. The summed E-state index contributed by atoms with van der Waals surface area (Å²) in [5.41, 5.74) is 7.59. The maximum atomic E-state index is 8.91. The Bertz CT molecular complexity index is 308. The highest BCUT2D eigenvalue weighted by molar-refractivity contribution is 9.10. The Hall–Kier alpha value is -0.620. The van der Waals surface area contributed by atoms with Crippen LogP contribution in [0.5, 0.6) is 0 Å². The highest BCUT2D eigenvalue weighted by Crippen LogP contribution is 2.23. The summed E-state index contributed by atoms with van der Waals surface area (Å²) in [6.07, 6.45) is 0. The van der Waals surface area contributed by atoms with E-state index in [-0.39, 0.29) is 13.2 Å². The molecule has 1 rings (SSSR count). The van der Waals surface area contributed by atoms with Crippen LogP contribution in [-0.4, -0.2) is 41.4 Å². The van der Waals surface area contributed by atoms with E-state index in [9.17, 15) is 0 Å². The molecule has 16 heavy (non-hydrogen) atoms. The topological polar surface area (TPSA) is 69.7 Å². The number of nitrogens with zero attached hydrogens (tertiary/aromatic N) is 1. The van der Waals surface area contributed by atoms with Crippen LogP contribution in [0, 0.1) is 0 Å². The molecule has 0 atom stereocenters. The van der Waals surface area contributed by atoms with Crippen LogP contribution in [0.4, 0.5) is 5.69 Å². The van der Waals surface area contributed by atoms with Crippen molar-refractivity contribution in [1.29, 1.82) is 0 Å². The van der Waals surface area contributed by atoms with Gasteiger partial charge < -0.3 is 15.9 Å². The molecule has 0 heterocycles. The lowest BCUT2D eigenvalue weighted by molar-refractivity contribution is 0.156. The van der Waals surface area contributed by atoms with Crippen LogP contribution >= 0.6 is 15.9 Å². The van der Waals surface area contributed by atoms with Crippen LogP contribution in [0.3, 0.4) is 0 Å². The molecule has 0 spiro atoms. The Morgan fingerprint density at radius 3 is 2.31 bits per heavy atom.